The third kappa shape index (κ3) is 5.03. The van der Waals surface area contributed by atoms with Gasteiger partial charge in [-0.2, -0.15) is 5.48 Å². The Morgan fingerprint density at radius 2 is 2.44 bits per heavy atom. The molecule has 0 aromatic rings. The molecule has 1 N–H and O–H groups in total. The van der Waals surface area contributed by atoms with Gasteiger partial charge in [-0.05, 0) is 13.0 Å². The minimum atomic E-state index is 0.410. The summed E-state index contributed by atoms with van der Waals surface area (Å²) in [5.41, 5.74) is 2.49. The van der Waals surface area contributed by atoms with Crippen molar-refractivity contribution in [1.29, 1.82) is 0 Å². The van der Waals surface area contributed by atoms with Crippen LogP contribution in [0.25, 0.3) is 0 Å². The van der Waals surface area contributed by atoms with Crippen LogP contribution in [-0.4, -0.2) is 13.3 Å². The maximum absolute atomic E-state index is 9.79. The predicted octanol–water partition coefficient (Wildman–Crippen LogP) is 0.630. The summed E-state index contributed by atoms with van der Waals surface area (Å²) in [6.45, 7) is 1.78. The van der Waals surface area contributed by atoms with Gasteiger partial charge in [0.25, 0.3) is 0 Å². The molecule has 0 fully saturated rings. The highest BCUT2D eigenvalue weighted by atomic mass is 16.6. The van der Waals surface area contributed by atoms with Crippen LogP contribution in [0, 0.1) is 0 Å². The summed E-state index contributed by atoms with van der Waals surface area (Å²) in [4.78, 5) is 14.6. The van der Waals surface area contributed by atoms with Crippen molar-refractivity contribution in [2.75, 3.05) is 7.05 Å². The number of hydroxylamine groups is 1. The number of carbonyl (C=O) groups excluding carboxylic acids is 1. The van der Waals surface area contributed by atoms with Crippen LogP contribution in [0.4, 0.5) is 0 Å². The molecule has 0 aliphatic rings. The number of hydrogen-bond donors (Lipinski definition) is 1. The van der Waals surface area contributed by atoms with E-state index in [0.717, 1.165) is 6.29 Å². The first kappa shape index (κ1) is 8.17. The Bertz CT molecular complexity index is 110. The van der Waals surface area contributed by atoms with Crippen LogP contribution >= 0.6 is 0 Å². The van der Waals surface area contributed by atoms with Crippen molar-refractivity contribution >= 4 is 6.29 Å². The van der Waals surface area contributed by atoms with Gasteiger partial charge in [0.15, 0.2) is 0 Å². The molecular weight excluding hydrogens is 118 g/mol. The number of hydrogen-bond acceptors (Lipinski definition) is 3. The fourth-order valence-electron chi connectivity index (χ4n) is 0.417. The predicted molar refractivity (Wildman–Crippen MR) is 34.6 cm³/mol. The van der Waals surface area contributed by atoms with Crippen LogP contribution in [0.3, 0.4) is 0 Å². The number of carbonyl (C=O) groups is 1. The maximum atomic E-state index is 9.79. The zero-order chi connectivity index (χ0) is 7.11. The van der Waals surface area contributed by atoms with E-state index < -0.39 is 0 Å². The first-order valence-corrected chi connectivity index (χ1v) is 2.75. The van der Waals surface area contributed by atoms with Gasteiger partial charge in [0.05, 0.1) is 0 Å². The second-order valence-corrected chi connectivity index (χ2v) is 1.52. The molecule has 0 atom stereocenters. The standard InChI is InChI=1S/C6H11NO2/c1-6(9-7-2)4-3-5-8/h4-5,7H,3H2,1-2H3/b6-4-. The van der Waals surface area contributed by atoms with Crippen molar-refractivity contribution in [3.05, 3.63) is 11.8 Å². The third-order valence-corrected chi connectivity index (χ3v) is 0.765. The van der Waals surface area contributed by atoms with Crippen molar-refractivity contribution in [3.63, 3.8) is 0 Å². The smallest absolute Gasteiger partial charge is 0.123 e. The van der Waals surface area contributed by atoms with E-state index in [-0.39, 0.29) is 0 Å². The Morgan fingerprint density at radius 3 is 2.89 bits per heavy atom. The van der Waals surface area contributed by atoms with Gasteiger partial charge in [-0.3, -0.25) is 0 Å². The van der Waals surface area contributed by atoms with Crippen molar-refractivity contribution in [2.24, 2.45) is 0 Å². The van der Waals surface area contributed by atoms with Gasteiger partial charge in [0.2, 0.25) is 0 Å². The Balaban J connectivity index is 3.42. The molecule has 3 heteroatoms. The summed E-state index contributed by atoms with van der Waals surface area (Å²) >= 11 is 0. The molecule has 0 aromatic carbocycles. The van der Waals surface area contributed by atoms with E-state index >= 15 is 0 Å². The van der Waals surface area contributed by atoms with Crippen LogP contribution in [0.15, 0.2) is 11.8 Å². The Labute approximate surface area is 54.7 Å². The van der Waals surface area contributed by atoms with E-state index in [9.17, 15) is 4.79 Å². The largest absolute Gasteiger partial charge is 0.414 e. The molecule has 0 saturated carbocycles. The van der Waals surface area contributed by atoms with Crippen LogP contribution in [-0.2, 0) is 9.63 Å². The molecule has 0 aliphatic heterocycles. The maximum Gasteiger partial charge on any atom is 0.123 e. The van der Waals surface area contributed by atoms with Crippen molar-refractivity contribution in [2.45, 2.75) is 13.3 Å². The topological polar surface area (TPSA) is 38.3 Å². The van der Waals surface area contributed by atoms with Crippen molar-refractivity contribution < 1.29 is 9.63 Å². The van der Waals surface area contributed by atoms with E-state index in [1.165, 1.54) is 0 Å². The van der Waals surface area contributed by atoms with E-state index in [1.807, 2.05) is 0 Å². The van der Waals surface area contributed by atoms with Gasteiger partial charge < -0.3 is 9.63 Å². The minimum absolute atomic E-state index is 0.410. The molecule has 3 nitrogen and oxygen atoms in total. The molecule has 0 rings (SSSR count). The lowest BCUT2D eigenvalue weighted by Gasteiger charge is -1.99. The van der Waals surface area contributed by atoms with E-state index in [2.05, 4.69) is 5.48 Å². The first-order valence-electron chi connectivity index (χ1n) is 2.75. The zero-order valence-electron chi connectivity index (χ0n) is 5.68. The van der Waals surface area contributed by atoms with Gasteiger partial charge in [-0.15, -0.1) is 0 Å². The van der Waals surface area contributed by atoms with Crippen LogP contribution in [0.2, 0.25) is 0 Å². The van der Waals surface area contributed by atoms with Gasteiger partial charge >= 0.3 is 0 Å². The highest BCUT2D eigenvalue weighted by Gasteiger charge is 1.83. The van der Waals surface area contributed by atoms with Crippen LogP contribution in [0.1, 0.15) is 13.3 Å². The quantitative estimate of drug-likeness (QED) is 0.344. The van der Waals surface area contributed by atoms with E-state index in [1.54, 1.807) is 20.0 Å². The Morgan fingerprint density at radius 1 is 1.78 bits per heavy atom. The molecule has 0 aliphatic carbocycles. The summed E-state index contributed by atoms with van der Waals surface area (Å²) in [5.74, 6) is 0.713. The number of allylic oxidation sites excluding steroid dienone is 2. The second kappa shape index (κ2) is 5.31. The highest BCUT2D eigenvalue weighted by Crippen LogP contribution is 1.91. The van der Waals surface area contributed by atoms with Gasteiger partial charge in [0.1, 0.15) is 12.0 Å². The molecule has 0 unspecified atom stereocenters. The molecule has 0 bridgehead atoms. The van der Waals surface area contributed by atoms with Crippen LogP contribution < -0.4 is 5.48 Å². The zero-order valence-corrected chi connectivity index (χ0v) is 5.68. The Kier molecular flexibility index (Phi) is 4.82. The molecule has 0 radical (unpaired) electrons. The van der Waals surface area contributed by atoms with Gasteiger partial charge in [-0.25, -0.2) is 0 Å². The minimum Gasteiger partial charge on any atom is -0.414 e. The average Bonchev–Trinajstić information content (AvgIpc) is 1.85. The molecule has 52 valence electrons. The van der Waals surface area contributed by atoms with Gasteiger partial charge in [-0.1, -0.05) is 0 Å². The molecule has 0 aromatic heterocycles. The molecular formula is C6H11NO2. The third-order valence-electron chi connectivity index (χ3n) is 0.765. The molecule has 0 saturated heterocycles. The van der Waals surface area contributed by atoms with Crippen molar-refractivity contribution in [1.82, 2.24) is 5.48 Å². The molecule has 0 heterocycles. The summed E-state index contributed by atoms with van der Waals surface area (Å²) in [6.07, 6.45) is 2.93. The highest BCUT2D eigenvalue weighted by molar-refractivity contribution is 5.51. The normalized spacial score (nSPS) is 11.1. The molecule has 0 amide bonds. The number of nitrogens with one attached hydrogen (secondary N) is 1. The number of rotatable bonds is 4. The lowest BCUT2D eigenvalue weighted by atomic mass is 10.4. The van der Waals surface area contributed by atoms with Crippen LogP contribution in [0.5, 0.6) is 0 Å². The lowest BCUT2D eigenvalue weighted by molar-refractivity contribution is -0.107. The van der Waals surface area contributed by atoms with Gasteiger partial charge in [0, 0.05) is 13.5 Å². The van der Waals surface area contributed by atoms with E-state index in [0.29, 0.717) is 12.2 Å². The first-order chi connectivity index (χ1) is 4.31. The SMILES string of the molecule is CNO/C(C)=C\CC=O. The summed E-state index contributed by atoms with van der Waals surface area (Å²) in [5, 5.41) is 0. The molecule has 0 spiro atoms. The summed E-state index contributed by atoms with van der Waals surface area (Å²) in [7, 11) is 1.66. The monoisotopic (exact) mass is 129 g/mol. The fourth-order valence-corrected chi connectivity index (χ4v) is 0.417. The fraction of sp³-hybridized carbons (Fsp3) is 0.500. The summed E-state index contributed by atoms with van der Waals surface area (Å²) < 4.78 is 0. The number of aldehydes is 1. The van der Waals surface area contributed by atoms with Crippen molar-refractivity contribution in [3.8, 4) is 0 Å². The Hall–Kier alpha value is -0.830. The van der Waals surface area contributed by atoms with E-state index in [4.69, 9.17) is 4.84 Å². The molecule has 9 heavy (non-hydrogen) atoms. The average molecular weight is 129 g/mol. The second-order valence-electron chi connectivity index (χ2n) is 1.52. The lowest BCUT2D eigenvalue weighted by Crippen LogP contribution is -2.04. The summed E-state index contributed by atoms with van der Waals surface area (Å²) in [6, 6.07) is 0.